The molecule has 0 bridgehead atoms. The molecule has 0 radical (unpaired) electrons. The van der Waals surface area contributed by atoms with Crippen molar-refractivity contribution in [2.24, 2.45) is 5.92 Å². The van der Waals surface area contributed by atoms with E-state index in [4.69, 9.17) is 0 Å². The van der Waals surface area contributed by atoms with Crippen molar-refractivity contribution in [3.8, 4) is 0 Å². The number of carbonyl (C=O) groups is 4. The van der Waals surface area contributed by atoms with Gasteiger partial charge in [0.15, 0.2) is 0 Å². The molecule has 9 heteroatoms. The highest BCUT2D eigenvalue weighted by molar-refractivity contribution is 6.09. The maximum Gasteiger partial charge on any atom is 0.325 e. The summed E-state index contributed by atoms with van der Waals surface area (Å²) in [4.78, 5) is 52.0. The third-order valence-corrected chi connectivity index (χ3v) is 5.73. The number of urea groups is 1. The van der Waals surface area contributed by atoms with Gasteiger partial charge in [0.2, 0.25) is 11.8 Å². The van der Waals surface area contributed by atoms with Gasteiger partial charge in [-0.15, -0.1) is 0 Å². The summed E-state index contributed by atoms with van der Waals surface area (Å²) in [6.07, 6.45) is 3.27. The first-order chi connectivity index (χ1) is 13.7. The summed E-state index contributed by atoms with van der Waals surface area (Å²) in [5.74, 6) is -1.78. The Morgan fingerprint density at radius 3 is 2.62 bits per heavy atom. The second-order valence-corrected chi connectivity index (χ2v) is 7.74. The van der Waals surface area contributed by atoms with Crippen molar-refractivity contribution < 1.29 is 23.6 Å². The van der Waals surface area contributed by atoms with Crippen LogP contribution in [0.1, 0.15) is 32.6 Å². The number of nitrogens with zero attached hydrogens (tertiary/aromatic N) is 2. The Hall–Kier alpha value is -2.97. The molecule has 29 heavy (non-hydrogen) atoms. The Bertz CT molecular complexity index is 828. The number of halogens is 1. The minimum Gasteiger partial charge on any atom is -0.335 e. The zero-order chi connectivity index (χ0) is 21.2. The maximum atomic E-state index is 12.9. The van der Waals surface area contributed by atoms with Crippen LogP contribution in [-0.2, 0) is 14.4 Å². The summed E-state index contributed by atoms with van der Waals surface area (Å²) in [5.41, 5.74) is -0.520. The summed E-state index contributed by atoms with van der Waals surface area (Å²) in [6, 6.07) is 4.68. The Balaban J connectivity index is 1.57. The molecule has 156 valence electrons. The summed E-state index contributed by atoms with van der Waals surface area (Å²) < 4.78 is 12.9. The van der Waals surface area contributed by atoms with E-state index in [1.165, 1.54) is 31.3 Å². The van der Waals surface area contributed by atoms with Gasteiger partial charge in [0.25, 0.3) is 5.91 Å². The molecule has 3 rings (SSSR count). The average molecular weight is 404 g/mol. The standard InChI is InChI=1S/C20H25FN4O4/c1-13-5-3-4-10-20(13)18(28)25(19(29)23-20)12-17(27)24(2)11-16(26)22-15-8-6-14(21)7-9-15/h6-9,13H,3-5,10-12H2,1-2H3,(H,22,26)(H,23,29)/t13-,20+/m1/s1. The van der Waals surface area contributed by atoms with E-state index < -0.39 is 35.7 Å². The fourth-order valence-corrected chi connectivity index (χ4v) is 3.93. The smallest absolute Gasteiger partial charge is 0.325 e. The molecule has 1 saturated carbocycles. The van der Waals surface area contributed by atoms with E-state index in [1.54, 1.807) is 0 Å². The van der Waals surface area contributed by atoms with Gasteiger partial charge in [0.05, 0.1) is 6.54 Å². The first-order valence-electron chi connectivity index (χ1n) is 9.66. The fraction of sp³-hybridized carbons (Fsp3) is 0.500. The van der Waals surface area contributed by atoms with Crippen molar-refractivity contribution in [1.29, 1.82) is 0 Å². The van der Waals surface area contributed by atoms with Crippen LogP contribution in [0, 0.1) is 11.7 Å². The molecule has 1 aromatic carbocycles. The first-order valence-corrected chi connectivity index (χ1v) is 9.66. The fourth-order valence-electron chi connectivity index (χ4n) is 3.93. The van der Waals surface area contributed by atoms with Crippen LogP contribution in [0.25, 0.3) is 0 Å². The predicted octanol–water partition coefficient (Wildman–Crippen LogP) is 1.72. The molecule has 0 unspecified atom stereocenters. The Labute approximate surface area is 168 Å². The second kappa shape index (κ2) is 8.18. The molecular formula is C20H25FN4O4. The van der Waals surface area contributed by atoms with Crippen LogP contribution in [0.3, 0.4) is 0 Å². The highest BCUT2D eigenvalue weighted by Gasteiger charge is 2.55. The number of imide groups is 1. The molecular weight excluding hydrogens is 379 g/mol. The number of benzene rings is 1. The van der Waals surface area contributed by atoms with Gasteiger partial charge in [0.1, 0.15) is 17.9 Å². The summed E-state index contributed by atoms with van der Waals surface area (Å²) in [7, 11) is 1.42. The Kier molecular flexibility index (Phi) is 5.86. The van der Waals surface area contributed by atoms with Crippen molar-refractivity contribution in [2.75, 3.05) is 25.5 Å². The third kappa shape index (κ3) is 4.23. The molecule has 1 saturated heterocycles. The Morgan fingerprint density at radius 2 is 1.97 bits per heavy atom. The quantitative estimate of drug-likeness (QED) is 0.730. The van der Waals surface area contributed by atoms with Crippen LogP contribution in [-0.4, -0.2) is 59.2 Å². The highest BCUT2D eigenvalue weighted by atomic mass is 19.1. The number of anilines is 1. The van der Waals surface area contributed by atoms with E-state index in [0.29, 0.717) is 12.1 Å². The van der Waals surface area contributed by atoms with E-state index in [0.717, 1.165) is 29.1 Å². The number of rotatable bonds is 5. The highest BCUT2D eigenvalue weighted by Crippen LogP contribution is 2.38. The molecule has 8 nitrogen and oxygen atoms in total. The number of likely N-dealkylation sites (N-methyl/N-ethyl adjacent to an activating group) is 1. The molecule has 2 atom stereocenters. The third-order valence-electron chi connectivity index (χ3n) is 5.73. The molecule has 1 aliphatic carbocycles. The molecule has 1 spiro atoms. The molecule has 2 aliphatic rings. The predicted molar refractivity (Wildman–Crippen MR) is 103 cm³/mol. The van der Waals surface area contributed by atoms with Crippen molar-refractivity contribution in [3.63, 3.8) is 0 Å². The van der Waals surface area contributed by atoms with E-state index >= 15 is 0 Å². The SMILES string of the molecule is C[C@@H]1CCCC[C@]12NC(=O)N(CC(=O)N(C)CC(=O)Nc1ccc(F)cc1)C2=O. The van der Waals surface area contributed by atoms with Gasteiger partial charge in [-0.3, -0.25) is 19.3 Å². The lowest BCUT2D eigenvalue weighted by molar-refractivity contribution is -0.140. The van der Waals surface area contributed by atoms with Gasteiger partial charge in [0, 0.05) is 12.7 Å². The lowest BCUT2D eigenvalue weighted by atomic mass is 9.73. The molecule has 0 aromatic heterocycles. The normalized spacial score (nSPS) is 23.8. The van der Waals surface area contributed by atoms with Crippen LogP contribution in [0.2, 0.25) is 0 Å². The number of hydrogen-bond acceptors (Lipinski definition) is 4. The van der Waals surface area contributed by atoms with E-state index in [9.17, 15) is 23.6 Å². The van der Waals surface area contributed by atoms with Gasteiger partial charge in [-0.05, 0) is 43.0 Å². The molecule has 1 heterocycles. The van der Waals surface area contributed by atoms with Gasteiger partial charge in [-0.1, -0.05) is 19.8 Å². The topological polar surface area (TPSA) is 98.8 Å². The van der Waals surface area contributed by atoms with Crippen LogP contribution >= 0.6 is 0 Å². The van der Waals surface area contributed by atoms with Crippen LogP contribution in [0.15, 0.2) is 24.3 Å². The zero-order valence-corrected chi connectivity index (χ0v) is 16.5. The minimum absolute atomic E-state index is 0.00650. The van der Waals surface area contributed by atoms with E-state index in [2.05, 4.69) is 10.6 Å². The largest absolute Gasteiger partial charge is 0.335 e. The minimum atomic E-state index is -0.922. The number of nitrogens with one attached hydrogen (secondary N) is 2. The van der Waals surface area contributed by atoms with Gasteiger partial charge in [-0.25, -0.2) is 9.18 Å². The number of hydrogen-bond donors (Lipinski definition) is 2. The molecule has 2 N–H and O–H groups in total. The second-order valence-electron chi connectivity index (χ2n) is 7.74. The van der Waals surface area contributed by atoms with E-state index in [1.807, 2.05) is 6.92 Å². The van der Waals surface area contributed by atoms with Crippen molar-refractivity contribution in [2.45, 2.75) is 38.1 Å². The Morgan fingerprint density at radius 1 is 1.28 bits per heavy atom. The first kappa shape index (κ1) is 20.8. The lowest BCUT2D eigenvalue weighted by Crippen LogP contribution is -2.54. The van der Waals surface area contributed by atoms with Crippen molar-refractivity contribution in [1.82, 2.24) is 15.1 Å². The number of amides is 5. The van der Waals surface area contributed by atoms with Gasteiger partial charge < -0.3 is 15.5 Å². The van der Waals surface area contributed by atoms with E-state index in [-0.39, 0.29) is 18.4 Å². The van der Waals surface area contributed by atoms with Crippen LogP contribution in [0.5, 0.6) is 0 Å². The summed E-state index contributed by atoms with van der Waals surface area (Å²) in [5, 5.41) is 5.36. The zero-order valence-electron chi connectivity index (χ0n) is 16.5. The summed E-state index contributed by atoms with van der Waals surface area (Å²) >= 11 is 0. The van der Waals surface area contributed by atoms with Gasteiger partial charge >= 0.3 is 6.03 Å². The maximum absolute atomic E-state index is 12.9. The van der Waals surface area contributed by atoms with Crippen molar-refractivity contribution >= 4 is 29.4 Å². The molecule has 5 amide bonds. The molecule has 1 aromatic rings. The lowest BCUT2D eigenvalue weighted by Gasteiger charge is -2.36. The van der Waals surface area contributed by atoms with Crippen molar-refractivity contribution in [3.05, 3.63) is 30.1 Å². The average Bonchev–Trinajstić information content (AvgIpc) is 2.91. The van der Waals surface area contributed by atoms with Crippen LogP contribution in [0.4, 0.5) is 14.9 Å². The molecule has 2 fully saturated rings. The number of carbonyl (C=O) groups excluding carboxylic acids is 4. The summed E-state index contributed by atoms with van der Waals surface area (Å²) in [6.45, 7) is 1.26. The molecule has 1 aliphatic heterocycles. The van der Waals surface area contributed by atoms with Crippen LogP contribution < -0.4 is 10.6 Å². The monoisotopic (exact) mass is 404 g/mol. The van der Waals surface area contributed by atoms with Gasteiger partial charge in [-0.2, -0.15) is 0 Å².